The molecule has 0 aliphatic carbocycles. The number of anilines is 2. The molecule has 3 aromatic carbocycles. The van der Waals surface area contributed by atoms with E-state index in [1.54, 1.807) is 12.1 Å². The van der Waals surface area contributed by atoms with Gasteiger partial charge in [0.15, 0.2) is 0 Å². The molecule has 174 valence electrons. The van der Waals surface area contributed by atoms with Crippen molar-refractivity contribution in [3.63, 3.8) is 0 Å². The fourth-order valence-electron chi connectivity index (χ4n) is 3.92. The lowest BCUT2D eigenvalue weighted by atomic mass is 10.2. The molecule has 2 heterocycles. The van der Waals surface area contributed by atoms with Gasteiger partial charge in [-0.05, 0) is 60.7 Å². The minimum Gasteiger partial charge on any atom is -0.419 e. The number of sulfone groups is 1. The summed E-state index contributed by atoms with van der Waals surface area (Å²) in [7, 11) is -3.92. The summed E-state index contributed by atoms with van der Waals surface area (Å²) in [5.74, 6) is 0.529. The second kappa shape index (κ2) is 9.44. The molecule has 0 bridgehead atoms. The quantitative estimate of drug-likeness (QED) is 0.303. The Morgan fingerprint density at radius 3 is 2.09 bits per heavy atom. The van der Waals surface area contributed by atoms with Crippen molar-refractivity contribution in [2.75, 3.05) is 36.0 Å². The van der Waals surface area contributed by atoms with Crippen molar-refractivity contribution < 1.29 is 12.8 Å². The van der Waals surface area contributed by atoms with E-state index in [-0.39, 0.29) is 21.7 Å². The van der Waals surface area contributed by atoms with Crippen molar-refractivity contribution in [1.29, 1.82) is 0 Å². The van der Waals surface area contributed by atoms with E-state index in [1.807, 2.05) is 47.4 Å². The van der Waals surface area contributed by atoms with Gasteiger partial charge in [-0.1, -0.05) is 45.7 Å². The lowest BCUT2D eigenvalue weighted by Gasteiger charge is -2.36. The van der Waals surface area contributed by atoms with Gasteiger partial charge in [0.2, 0.25) is 26.6 Å². The van der Waals surface area contributed by atoms with Crippen molar-refractivity contribution in [2.45, 2.75) is 9.92 Å². The second-order valence-electron chi connectivity index (χ2n) is 7.90. The van der Waals surface area contributed by atoms with Crippen LogP contribution in [0.2, 0.25) is 5.02 Å². The Hall–Kier alpha value is -2.81. The number of halogens is 2. The minimum atomic E-state index is -3.92. The molecule has 0 saturated carbocycles. The Morgan fingerprint density at radius 2 is 1.44 bits per heavy atom. The Balaban J connectivity index is 1.52. The van der Waals surface area contributed by atoms with Gasteiger partial charge in [0.1, 0.15) is 0 Å². The van der Waals surface area contributed by atoms with Gasteiger partial charge in [-0.25, -0.2) is 8.42 Å². The standard InChI is InChI=1S/C25H21BrClN3O3S/c26-19-8-6-18(7-9-19)23-28-24(34(31,32)22-12-10-20(27)11-13-22)25(33-23)30-16-14-29(15-17-30)21-4-2-1-3-5-21/h1-13H,14-17H2. The molecule has 0 atom stereocenters. The maximum Gasteiger partial charge on any atom is 0.236 e. The zero-order chi connectivity index (χ0) is 23.7. The van der Waals surface area contributed by atoms with Gasteiger partial charge < -0.3 is 14.2 Å². The second-order valence-corrected chi connectivity index (χ2v) is 11.1. The zero-order valence-corrected chi connectivity index (χ0v) is 21.2. The first kappa shape index (κ1) is 23.0. The highest BCUT2D eigenvalue weighted by molar-refractivity contribution is 9.10. The molecule has 0 radical (unpaired) electrons. The van der Waals surface area contributed by atoms with Crippen molar-refractivity contribution in [3.05, 3.63) is 88.4 Å². The summed E-state index contributed by atoms with van der Waals surface area (Å²) in [6.45, 7) is 2.68. The number of hydrogen-bond acceptors (Lipinski definition) is 6. The molecule has 9 heteroatoms. The third kappa shape index (κ3) is 4.58. The molecule has 4 aromatic rings. The third-order valence-corrected chi connectivity index (χ3v) is 8.19. The maximum atomic E-state index is 13.6. The van der Waals surface area contributed by atoms with E-state index in [1.165, 1.54) is 12.1 Å². The highest BCUT2D eigenvalue weighted by Gasteiger charge is 2.33. The topological polar surface area (TPSA) is 66.7 Å². The van der Waals surface area contributed by atoms with Gasteiger partial charge in [-0.15, -0.1) is 0 Å². The van der Waals surface area contributed by atoms with E-state index in [0.717, 1.165) is 23.2 Å². The van der Waals surface area contributed by atoms with E-state index in [9.17, 15) is 8.42 Å². The molecule has 34 heavy (non-hydrogen) atoms. The highest BCUT2D eigenvalue weighted by atomic mass is 79.9. The van der Waals surface area contributed by atoms with Gasteiger partial charge in [-0.3, -0.25) is 0 Å². The molecule has 1 aliphatic heterocycles. The monoisotopic (exact) mass is 557 g/mol. The number of oxazole rings is 1. The molecule has 1 aliphatic rings. The third-order valence-electron chi connectivity index (χ3n) is 5.74. The molecule has 5 rings (SSSR count). The van der Waals surface area contributed by atoms with Gasteiger partial charge in [-0.2, -0.15) is 4.98 Å². The smallest absolute Gasteiger partial charge is 0.236 e. The maximum absolute atomic E-state index is 13.6. The molecule has 1 aromatic heterocycles. The number of hydrogen-bond donors (Lipinski definition) is 0. The van der Waals surface area contributed by atoms with E-state index in [2.05, 4.69) is 37.9 Å². The van der Waals surface area contributed by atoms with Crippen molar-refractivity contribution in [2.24, 2.45) is 0 Å². The van der Waals surface area contributed by atoms with E-state index in [0.29, 0.717) is 23.7 Å². The van der Waals surface area contributed by atoms with Gasteiger partial charge in [0.05, 0.1) is 4.90 Å². The van der Waals surface area contributed by atoms with E-state index >= 15 is 0 Å². The van der Waals surface area contributed by atoms with Gasteiger partial charge in [0, 0.05) is 46.9 Å². The van der Waals surface area contributed by atoms with Crippen LogP contribution in [0.5, 0.6) is 0 Å². The van der Waals surface area contributed by atoms with Crippen LogP contribution in [-0.2, 0) is 9.84 Å². The fraction of sp³-hybridized carbons (Fsp3) is 0.160. The number of benzene rings is 3. The van der Waals surface area contributed by atoms with Crippen LogP contribution in [0, 0.1) is 0 Å². The average molecular weight is 559 g/mol. The fourth-order valence-corrected chi connectivity index (χ4v) is 5.63. The molecule has 6 nitrogen and oxygen atoms in total. The minimum absolute atomic E-state index is 0.0825. The van der Waals surface area contributed by atoms with Gasteiger partial charge >= 0.3 is 0 Å². The number of aromatic nitrogens is 1. The van der Waals surface area contributed by atoms with Crippen LogP contribution in [-0.4, -0.2) is 39.6 Å². The van der Waals surface area contributed by atoms with Crippen LogP contribution in [0.1, 0.15) is 0 Å². The summed E-state index contributed by atoms with van der Waals surface area (Å²) in [6, 6.07) is 23.7. The Labute approximate surface area is 211 Å². The van der Waals surface area contributed by atoms with E-state index in [4.69, 9.17) is 16.0 Å². The summed E-state index contributed by atoms with van der Waals surface area (Å²) in [4.78, 5) is 8.83. The first-order valence-corrected chi connectivity index (χ1v) is 13.4. The average Bonchev–Trinajstić information content (AvgIpc) is 3.32. The van der Waals surface area contributed by atoms with Crippen molar-refractivity contribution >= 4 is 48.9 Å². The van der Waals surface area contributed by atoms with Gasteiger partial charge in [0.25, 0.3) is 0 Å². The molecule has 0 amide bonds. The predicted molar refractivity (Wildman–Crippen MR) is 137 cm³/mol. The van der Waals surface area contributed by atoms with Crippen LogP contribution in [0.25, 0.3) is 11.5 Å². The molecular formula is C25H21BrClN3O3S. The number of nitrogens with zero attached hydrogens (tertiary/aromatic N) is 3. The van der Waals surface area contributed by atoms with Crippen LogP contribution in [0.4, 0.5) is 11.6 Å². The Morgan fingerprint density at radius 1 is 0.824 bits per heavy atom. The highest BCUT2D eigenvalue weighted by Crippen LogP contribution is 2.36. The summed E-state index contributed by atoms with van der Waals surface area (Å²) < 4.78 is 34.2. The molecule has 0 spiro atoms. The molecule has 1 saturated heterocycles. The lowest BCUT2D eigenvalue weighted by Crippen LogP contribution is -2.46. The van der Waals surface area contributed by atoms with Crippen LogP contribution in [0.3, 0.4) is 0 Å². The zero-order valence-electron chi connectivity index (χ0n) is 18.1. The van der Waals surface area contributed by atoms with Crippen LogP contribution in [0.15, 0.2) is 97.7 Å². The number of para-hydroxylation sites is 1. The van der Waals surface area contributed by atoms with Crippen molar-refractivity contribution in [1.82, 2.24) is 4.98 Å². The Bertz CT molecular complexity index is 1380. The molecule has 0 unspecified atom stereocenters. The lowest BCUT2D eigenvalue weighted by molar-refractivity contribution is 0.525. The van der Waals surface area contributed by atoms with Crippen LogP contribution >= 0.6 is 27.5 Å². The summed E-state index contributed by atoms with van der Waals surface area (Å²) in [6.07, 6.45) is 0. The first-order valence-electron chi connectivity index (χ1n) is 10.7. The Kier molecular flexibility index (Phi) is 6.38. The van der Waals surface area contributed by atoms with Crippen LogP contribution < -0.4 is 9.80 Å². The molecular weight excluding hydrogens is 538 g/mol. The molecule has 1 fully saturated rings. The summed E-state index contributed by atoms with van der Waals surface area (Å²) in [5.41, 5.74) is 1.84. The van der Waals surface area contributed by atoms with E-state index < -0.39 is 9.84 Å². The summed E-state index contributed by atoms with van der Waals surface area (Å²) in [5, 5.41) is 0.382. The summed E-state index contributed by atoms with van der Waals surface area (Å²) >= 11 is 9.40. The normalized spacial score (nSPS) is 14.4. The molecule has 0 N–H and O–H groups in total. The van der Waals surface area contributed by atoms with Crippen molar-refractivity contribution in [3.8, 4) is 11.5 Å². The SMILES string of the molecule is O=S(=O)(c1ccc(Cl)cc1)c1nc(-c2ccc(Br)cc2)oc1N1CCN(c2ccccc2)CC1. The number of piperazine rings is 1. The largest absolute Gasteiger partial charge is 0.419 e. The first-order chi connectivity index (χ1) is 16.4. The predicted octanol–water partition coefficient (Wildman–Crippen LogP) is 5.92. The number of rotatable bonds is 5.